The monoisotopic (exact) mass is 282 g/mol. The van der Waals surface area contributed by atoms with Crippen molar-refractivity contribution in [3.05, 3.63) is 40.1 Å². The molecule has 1 aromatic carbocycles. The molecule has 0 spiro atoms. The highest BCUT2D eigenvalue weighted by Crippen LogP contribution is 2.33. The molecule has 0 fully saturated rings. The number of halogens is 1. The fraction of sp³-hybridized carbons (Fsp3) is 0.250. The maximum Gasteiger partial charge on any atom is 0.195 e. The van der Waals surface area contributed by atoms with Gasteiger partial charge in [-0.05, 0) is 28.1 Å². The summed E-state index contributed by atoms with van der Waals surface area (Å²) in [5.41, 5.74) is 1.22. The van der Waals surface area contributed by atoms with Crippen molar-refractivity contribution < 1.29 is 14.3 Å². The normalized spacial score (nSPS) is 17.6. The molecule has 0 saturated heterocycles. The maximum absolute atomic E-state index is 12.1. The molecule has 0 atom stereocenters. The Morgan fingerprint density at radius 2 is 2.31 bits per heavy atom. The summed E-state index contributed by atoms with van der Waals surface area (Å²) in [5, 5.41) is 0. The molecule has 1 heterocycles. The van der Waals surface area contributed by atoms with Gasteiger partial charge in [-0.1, -0.05) is 6.07 Å². The van der Waals surface area contributed by atoms with Crippen LogP contribution in [0, 0.1) is 0 Å². The zero-order valence-corrected chi connectivity index (χ0v) is 10.4. The number of rotatable bonds is 1. The van der Waals surface area contributed by atoms with Crippen LogP contribution in [0.15, 0.2) is 34.5 Å². The third kappa shape index (κ3) is 1.97. The van der Waals surface area contributed by atoms with Crippen molar-refractivity contribution >= 4 is 21.7 Å². The predicted octanol–water partition coefficient (Wildman–Crippen LogP) is 2.94. The van der Waals surface area contributed by atoms with E-state index < -0.39 is 0 Å². The standard InChI is InChI=1S/C12H11BrO3/c1-15-7-8-5-6-16-12-9(11(8)14)3-2-4-10(12)13/h2-4,7H,5-6H2,1H3/b8-7-. The molecule has 0 aliphatic carbocycles. The van der Waals surface area contributed by atoms with Gasteiger partial charge in [0.15, 0.2) is 5.78 Å². The van der Waals surface area contributed by atoms with E-state index in [9.17, 15) is 4.79 Å². The number of carbonyl (C=O) groups excluding carboxylic acids is 1. The molecule has 1 aromatic rings. The molecule has 0 N–H and O–H groups in total. The van der Waals surface area contributed by atoms with Crippen molar-refractivity contribution in [2.75, 3.05) is 13.7 Å². The first kappa shape index (κ1) is 11.2. The van der Waals surface area contributed by atoms with Gasteiger partial charge in [-0.25, -0.2) is 0 Å². The molecule has 2 rings (SSSR count). The minimum absolute atomic E-state index is 0.0318. The second-order valence-electron chi connectivity index (χ2n) is 3.42. The number of fused-ring (bicyclic) bond motifs is 1. The van der Waals surface area contributed by atoms with Crippen molar-refractivity contribution in [1.29, 1.82) is 0 Å². The average molecular weight is 283 g/mol. The Morgan fingerprint density at radius 1 is 1.50 bits per heavy atom. The number of ketones is 1. The van der Waals surface area contributed by atoms with Crippen LogP contribution in [0.2, 0.25) is 0 Å². The number of para-hydroxylation sites is 1. The first-order valence-corrected chi connectivity index (χ1v) is 5.71. The summed E-state index contributed by atoms with van der Waals surface area (Å²) >= 11 is 3.38. The van der Waals surface area contributed by atoms with Gasteiger partial charge in [0.05, 0.1) is 30.0 Å². The minimum atomic E-state index is -0.0318. The van der Waals surface area contributed by atoms with Crippen LogP contribution >= 0.6 is 15.9 Å². The molecule has 4 heteroatoms. The Hall–Kier alpha value is -1.29. The minimum Gasteiger partial charge on any atom is -0.504 e. The van der Waals surface area contributed by atoms with Gasteiger partial charge in [0.25, 0.3) is 0 Å². The topological polar surface area (TPSA) is 35.5 Å². The van der Waals surface area contributed by atoms with E-state index in [2.05, 4.69) is 15.9 Å². The molecule has 0 bridgehead atoms. The lowest BCUT2D eigenvalue weighted by Gasteiger charge is -2.07. The lowest BCUT2D eigenvalue weighted by Crippen LogP contribution is -2.02. The molecule has 1 aliphatic heterocycles. The molecular weight excluding hydrogens is 272 g/mol. The molecule has 0 unspecified atom stereocenters. The van der Waals surface area contributed by atoms with Gasteiger partial charge in [0.2, 0.25) is 0 Å². The van der Waals surface area contributed by atoms with Crippen molar-refractivity contribution in [1.82, 2.24) is 0 Å². The molecule has 0 saturated carbocycles. The van der Waals surface area contributed by atoms with Crippen LogP contribution in [-0.2, 0) is 4.74 Å². The van der Waals surface area contributed by atoms with Crippen molar-refractivity contribution in [3.8, 4) is 5.75 Å². The molecule has 0 amide bonds. The Bertz CT molecular complexity index is 452. The second kappa shape index (κ2) is 4.70. The molecule has 16 heavy (non-hydrogen) atoms. The van der Waals surface area contributed by atoms with Gasteiger partial charge < -0.3 is 9.47 Å². The summed E-state index contributed by atoms with van der Waals surface area (Å²) < 4.78 is 11.3. The number of hydrogen-bond donors (Lipinski definition) is 0. The summed E-state index contributed by atoms with van der Waals surface area (Å²) in [6, 6.07) is 5.44. The lowest BCUT2D eigenvalue weighted by atomic mass is 10.0. The van der Waals surface area contributed by atoms with E-state index in [0.717, 1.165) is 4.47 Å². The van der Waals surface area contributed by atoms with Gasteiger partial charge in [-0.15, -0.1) is 0 Å². The summed E-state index contributed by atoms with van der Waals surface area (Å²) in [6.07, 6.45) is 2.05. The van der Waals surface area contributed by atoms with Crippen LogP contribution in [0.1, 0.15) is 16.8 Å². The Labute approximate surface area is 102 Å². The quantitative estimate of drug-likeness (QED) is 0.587. The Morgan fingerprint density at radius 3 is 3.06 bits per heavy atom. The van der Waals surface area contributed by atoms with Crippen molar-refractivity contribution in [2.24, 2.45) is 0 Å². The van der Waals surface area contributed by atoms with E-state index in [1.54, 1.807) is 6.07 Å². The highest BCUT2D eigenvalue weighted by Gasteiger charge is 2.22. The summed E-state index contributed by atoms with van der Waals surface area (Å²) in [7, 11) is 1.54. The van der Waals surface area contributed by atoms with Crippen LogP contribution in [-0.4, -0.2) is 19.5 Å². The molecule has 0 aromatic heterocycles. The summed E-state index contributed by atoms with van der Waals surface area (Å²) in [5.74, 6) is 0.586. The van der Waals surface area contributed by atoms with Crippen LogP contribution in [0.3, 0.4) is 0 Å². The van der Waals surface area contributed by atoms with Crippen molar-refractivity contribution in [3.63, 3.8) is 0 Å². The zero-order valence-electron chi connectivity index (χ0n) is 8.83. The number of methoxy groups -OCH3 is 1. The SMILES string of the molecule is CO/C=C1/CCOc2c(Br)cccc2C1=O. The number of benzene rings is 1. The van der Waals surface area contributed by atoms with Crippen molar-refractivity contribution in [2.45, 2.75) is 6.42 Å². The predicted molar refractivity (Wildman–Crippen MR) is 63.7 cm³/mol. The molecule has 1 aliphatic rings. The third-order valence-electron chi connectivity index (χ3n) is 2.38. The number of hydrogen-bond acceptors (Lipinski definition) is 3. The molecular formula is C12H11BrO3. The second-order valence-corrected chi connectivity index (χ2v) is 4.28. The Kier molecular flexibility index (Phi) is 3.29. The van der Waals surface area contributed by atoms with E-state index in [0.29, 0.717) is 29.9 Å². The van der Waals surface area contributed by atoms with E-state index in [1.165, 1.54) is 13.4 Å². The fourth-order valence-corrected chi connectivity index (χ4v) is 2.12. The first-order valence-electron chi connectivity index (χ1n) is 4.92. The molecule has 3 nitrogen and oxygen atoms in total. The zero-order chi connectivity index (χ0) is 11.5. The smallest absolute Gasteiger partial charge is 0.195 e. The largest absolute Gasteiger partial charge is 0.504 e. The van der Waals surface area contributed by atoms with Crippen LogP contribution < -0.4 is 4.74 Å². The number of ether oxygens (including phenoxy) is 2. The molecule has 0 radical (unpaired) electrons. The van der Waals surface area contributed by atoms with Gasteiger partial charge in [-0.3, -0.25) is 4.79 Å². The third-order valence-corrected chi connectivity index (χ3v) is 3.01. The van der Waals surface area contributed by atoms with Gasteiger partial charge >= 0.3 is 0 Å². The van der Waals surface area contributed by atoms with Gasteiger partial charge in [0, 0.05) is 12.0 Å². The lowest BCUT2D eigenvalue weighted by molar-refractivity contribution is 0.102. The van der Waals surface area contributed by atoms with Crippen LogP contribution in [0.4, 0.5) is 0 Å². The highest BCUT2D eigenvalue weighted by molar-refractivity contribution is 9.10. The van der Waals surface area contributed by atoms with Gasteiger partial charge in [-0.2, -0.15) is 0 Å². The summed E-state index contributed by atoms with van der Waals surface area (Å²) in [6.45, 7) is 0.483. The fourth-order valence-electron chi connectivity index (χ4n) is 1.64. The van der Waals surface area contributed by atoms with Crippen LogP contribution in [0.25, 0.3) is 0 Å². The van der Waals surface area contributed by atoms with E-state index in [4.69, 9.17) is 9.47 Å². The molecule has 84 valence electrons. The van der Waals surface area contributed by atoms with Crippen LogP contribution in [0.5, 0.6) is 5.75 Å². The van der Waals surface area contributed by atoms with E-state index in [-0.39, 0.29) is 5.78 Å². The first-order chi connectivity index (χ1) is 7.74. The van der Waals surface area contributed by atoms with E-state index in [1.807, 2.05) is 12.1 Å². The average Bonchev–Trinajstić information content (AvgIpc) is 2.43. The van der Waals surface area contributed by atoms with E-state index >= 15 is 0 Å². The highest BCUT2D eigenvalue weighted by atomic mass is 79.9. The number of carbonyl (C=O) groups is 1. The summed E-state index contributed by atoms with van der Waals surface area (Å²) in [4.78, 5) is 12.1. The number of Topliss-reactive ketones (excluding diaryl/α,β-unsaturated/α-hetero) is 1. The Balaban J connectivity index is 2.50. The van der Waals surface area contributed by atoms with Gasteiger partial charge in [0.1, 0.15) is 5.75 Å². The maximum atomic E-state index is 12.1.